The summed E-state index contributed by atoms with van der Waals surface area (Å²) in [5.41, 5.74) is 0.315. The van der Waals surface area contributed by atoms with E-state index < -0.39 is 11.7 Å². The van der Waals surface area contributed by atoms with Crippen molar-refractivity contribution in [1.29, 1.82) is 0 Å². The maximum Gasteiger partial charge on any atom is 0.411 e. The summed E-state index contributed by atoms with van der Waals surface area (Å²) >= 11 is 1.60. The molecule has 1 fully saturated rings. The minimum absolute atomic E-state index is 0.152. The Kier molecular flexibility index (Phi) is 5.51. The monoisotopic (exact) mass is 338 g/mol. The Morgan fingerprint density at radius 3 is 2.74 bits per heavy atom. The van der Waals surface area contributed by atoms with Gasteiger partial charge < -0.3 is 9.47 Å². The number of hydrogen-bond acceptors (Lipinski definition) is 6. The quantitative estimate of drug-likeness (QED) is 0.789. The largest absolute Gasteiger partial charge is 0.469 e. The highest BCUT2D eigenvalue weighted by Crippen LogP contribution is 2.42. The highest BCUT2D eigenvalue weighted by molar-refractivity contribution is 7.99. The third-order valence-corrected chi connectivity index (χ3v) is 4.69. The predicted octanol–water partition coefficient (Wildman–Crippen LogP) is 3.00. The van der Waals surface area contributed by atoms with Crippen LogP contribution in [0.5, 0.6) is 0 Å². The Hall–Kier alpha value is -1.76. The third kappa shape index (κ3) is 4.60. The van der Waals surface area contributed by atoms with E-state index in [0.29, 0.717) is 5.75 Å². The molecule has 1 aromatic heterocycles. The van der Waals surface area contributed by atoms with Crippen LogP contribution in [0.1, 0.15) is 38.1 Å². The molecule has 1 amide bonds. The molecule has 2 unspecified atom stereocenters. The second-order valence-electron chi connectivity index (χ2n) is 6.29. The number of ether oxygens (including phenoxy) is 2. The molecule has 0 bridgehead atoms. The number of rotatable bonds is 3. The molecule has 1 aromatic rings. The molecule has 2 heterocycles. The van der Waals surface area contributed by atoms with Gasteiger partial charge in [0.2, 0.25) is 0 Å². The van der Waals surface area contributed by atoms with Gasteiger partial charge in [-0.2, -0.15) is 0 Å². The molecule has 2 rings (SSSR count). The average Bonchev–Trinajstić information content (AvgIpc) is 2.90. The van der Waals surface area contributed by atoms with Crippen molar-refractivity contribution in [3.05, 3.63) is 30.1 Å². The molecule has 1 aliphatic heterocycles. The Bertz CT molecular complexity index is 559. The zero-order valence-electron chi connectivity index (χ0n) is 13.8. The summed E-state index contributed by atoms with van der Waals surface area (Å²) in [5.74, 6) is 0.310. The van der Waals surface area contributed by atoms with Crippen molar-refractivity contribution in [2.45, 2.75) is 44.2 Å². The van der Waals surface area contributed by atoms with E-state index in [-0.39, 0.29) is 23.8 Å². The molecule has 0 N–H and O–H groups in total. The number of methoxy groups -OCH3 is 1. The summed E-state index contributed by atoms with van der Waals surface area (Å²) in [7, 11) is 1.35. The van der Waals surface area contributed by atoms with Crippen LogP contribution in [0.2, 0.25) is 0 Å². The van der Waals surface area contributed by atoms with Gasteiger partial charge in [0.1, 0.15) is 11.0 Å². The first-order valence-corrected chi connectivity index (χ1v) is 8.46. The van der Waals surface area contributed by atoms with Crippen molar-refractivity contribution in [3.63, 3.8) is 0 Å². The number of thioether (sulfide) groups is 1. The van der Waals surface area contributed by atoms with Gasteiger partial charge in [0.15, 0.2) is 0 Å². The summed E-state index contributed by atoms with van der Waals surface area (Å²) in [5, 5.41) is -0.215. The average molecular weight is 338 g/mol. The first-order chi connectivity index (χ1) is 10.8. The van der Waals surface area contributed by atoms with E-state index in [0.717, 1.165) is 5.56 Å². The van der Waals surface area contributed by atoms with E-state index in [1.807, 2.05) is 32.9 Å². The Morgan fingerprint density at radius 1 is 1.43 bits per heavy atom. The zero-order chi connectivity index (χ0) is 17.0. The summed E-state index contributed by atoms with van der Waals surface area (Å²) in [4.78, 5) is 30.0. The van der Waals surface area contributed by atoms with E-state index in [1.165, 1.54) is 7.11 Å². The van der Waals surface area contributed by atoms with Gasteiger partial charge in [-0.1, -0.05) is 6.07 Å². The number of aromatic nitrogens is 1. The highest BCUT2D eigenvalue weighted by Gasteiger charge is 2.41. The smallest absolute Gasteiger partial charge is 0.411 e. The topological polar surface area (TPSA) is 68.7 Å². The third-order valence-electron chi connectivity index (χ3n) is 3.30. The van der Waals surface area contributed by atoms with E-state index in [9.17, 15) is 9.59 Å². The molecule has 6 nitrogen and oxygen atoms in total. The fourth-order valence-electron chi connectivity index (χ4n) is 2.33. The van der Waals surface area contributed by atoms with Gasteiger partial charge in [-0.05, 0) is 26.8 Å². The summed E-state index contributed by atoms with van der Waals surface area (Å²) in [6, 6.07) is 3.49. The van der Waals surface area contributed by atoms with Crippen molar-refractivity contribution in [2.24, 2.45) is 0 Å². The number of carbonyl (C=O) groups is 2. The predicted molar refractivity (Wildman–Crippen MR) is 87.9 cm³/mol. The number of esters is 1. The lowest BCUT2D eigenvalue weighted by Crippen LogP contribution is -2.42. The first kappa shape index (κ1) is 17.6. The molecule has 23 heavy (non-hydrogen) atoms. The maximum atomic E-state index is 12.6. The summed E-state index contributed by atoms with van der Waals surface area (Å²) in [6.45, 7) is 5.47. The Balaban J connectivity index is 2.24. The lowest BCUT2D eigenvalue weighted by Gasteiger charge is -2.31. The fourth-order valence-corrected chi connectivity index (χ4v) is 3.76. The lowest BCUT2D eigenvalue weighted by molar-refractivity contribution is -0.141. The molecule has 0 aliphatic carbocycles. The van der Waals surface area contributed by atoms with Crippen LogP contribution in [0, 0.1) is 0 Å². The van der Waals surface area contributed by atoms with Crippen molar-refractivity contribution in [2.75, 3.05) is 12.9 Å². The standard InChI is InChI=1S/C16H22N2O4S/c1-16(2,3)22-15(20)18-12(8-13(19)21-4)10-23-14(18)11-6-5-7-17-9-11/h5-7,9,12,14H,8,10H2,1-4H3. The number of hydrogen-bond donors (Lipinski definition) is 0. The molecule has 0 radical (unpaired) electrons. The molecule has 0 aromatic carbocycles. The fraction of sp³-hybridized carbons (Fsp3) is 0.562. The van der Waals surface area contributed by atoms with Gasteiger partial charge in [0, 0.05) is 23.7 Å². The van der Waals surface area contributed by atoms with Gasteiger partial charge in [-0.15, -0.1) is 11.8 Å². The number of carbonyl (C=O) groups excluding carboxylic acids is 2. The number of amides is 1. The van der Waals surface area contributed by atoms with Gasteiger partial charge in [-0.3, -0.25) is 14.7 Å². The SMILES string of the molecule is COC(=O)CC1CSC(c2cccnc2)N1C(=O)OC(C)(C)C. The van der Waals surface area contributed by atoms with Crippen molar-refractivity contribution in [1.82, 2.24) is 9.88 Å². The van der Waals surface area contributed by atoms with E-state index in [2.05, 4.69) is 4.98 Å². The molecule has 7 heteroatoms. The minimum atomic E-state index is -0.598. The van der Waals surface area contributed by atoms with Gasteiger partial charge in [0.05, 0.1) is 19.6 Å². The molecule has 2 atom stereocenters. The van der Waals surface area contributed by atoms with Crippen molar-refractivity contribution in [3.8, 4) is 0 Å². The molecular formula is C16H22N2O4S. The summed E-state index contributed by atoms with van der Waals surface area (Å²) < 4.78 is 10.3. The summed E-state index contributed by atoms with van der Waals surface area (Å²) in [6.07, 6.45) is 3.15. The van der Waals surface area contributed by atoms with Crippen LogP contribution in [-0.2, 0) is 14.3 Å². The van der Waals surface area contributed by atoms with Crippen LogP contribution >= 0.6 is 11.8 Å². The van der Waals surface area contributed by atoms with Crippen LogP contribution in [0.3, 0.4) is 0 Å². The lowest BCUT2D eigenvalue weighted by atomic mass is 10.1. The van der Waals surface area contributed by atoms with Crippen LogP contribution in [0.4, 0.5) is 4.79 Å². The first-order valence-electron chi connectivity index (χ1n) is 7.41. The maximum absolute atomic E-state index is 12.6. The second-order valence-corrected chi connectivity index (χ2v) is 7.41. The molecule has 126 valence electrons. The van der Waals surface area contributed by atoms with E-state index in [1.54, 1.807) is 29.1 Å². The normalized spacial score (nSPS) is 21.1. The molecule has 0 spiro atoms. The van der Waals surface area contributed by atoms with E-state index >= 15 is 0 Å². The van der Waals surface area contributed by atoms with Crippen LogP contribution in [0.25, 0.3) is 0 Å². The molecule has 0 saturated carbocycles. The molecule has 1 aliphatic rings. The second kappa shape index (κ2) is 7.21. The van der Waals surface area contributed by atoms with Crippen LogP contribution in [0.15, 0.2) is 24.5 Å². The Labute approximate surface area is 140 Å². The van der Waals surface area contributed by atoms with Crippen molar-refractivity contribution < 1.29 is 19.1 Å². The Morgan fingerprint density at radius 2 is 2.17 bits per heavy atom. The van der Waals surface area contributed by atoms with Gasteiger partial charge in [-0.25, -0.2) is 4.79 Å². The molecular weight excluding hydrogens is 316 g/mol. The van der Waals surface area contributed by atoms with Crippen LogP contribution in [-0.4, -0.2) is 46.5 Å². The zero-order valence-corrected chi connectivity index (χ0v) is 14.6. The van der Waals surface area contributed by atoms with Gasteiger partial charge in [0.25, 0.3) is 0 Å². The van der Waals surface area contributed by atoms with Gasteiger partial charge >= 0.3 is 12.1 Å². The number of nitrogens with zero attached hydrogens (tertiary/aromatic N) is 2. The van der Waals surface area contributed by atoms with Crippen LogP contribution < -0.4 is 0 Å². The van der Waals surface area contributed by atoms with E-state index in [4.69, 9.17) is 9.47 Å². The number of pyridine rings is 1. The highest BCUT2D eigenvalue weighted by atomic mass is 32.2. The van der Waals surface area contributed by atoms with Crippen molar-refractivity contribution >= 4 is 23.8 Å². The molecule has 1 saturated heterocycles. The minimum Gasteiger partial charge on any atom is -0.469 e.